The van der Waals surface area contributed by atoms with Crippen molar-refractivity contribution in [1.29, 1.82) is 0 Å². The molecule has 2 aromatic rings. The molecule has 1 heterocycles. The number of nitrogens with one attached hydrogen (secondary N) is 1. The number of halogens is 1. The highest BCUT2D eigenvalue weighted by atomic mass is 79.9. The predicted octanol–water partition coefficient (Wildman–Crippen LogP) is 2.13. The summed E-state index contributed by atoms with van der Waals surface area (Å²) in [5.41, 5.74) is 11.8. The van der Waals surface area contributed by atoms with Gasteiger partial charge in [0.2, 0.25) is 5.91 Å². The SMILES string of the molecule is Nc1cc(N)nc(SCC(=O)Nc2cccc(Br)c2)n1. The number of amides is 1. The van der Waals surface area contributed by atoms with Crippen LogP contribution in [0.3, 0.4) is 0 Å². The lowest BCUT2D eigenvalue weighted by Gasteiger charge is -2.05. The maximum absolute atomic E-state index is 11.8. The first-order valence-electron chi connectivity index (χ1n) is 5.61. The van der Waals surface area contributed by atoms with Crippen molar-refractivity contribution < 1.29 is 4.79 Å². The van der Waals surface area contributed by atoms with E-state index in [9.17, 15) is 4.79 Å². The van der Waals surface area contributed by atoms with E-state index in [0.717, 1.165) is 10.2 Å². The summed E-state index contributed by atoms with van der Waals surface area (Å²) in [7, 11) is 0. The fraction of sp³-hybridized carbons (Fsp3) is 0.0833. The summed E-state index contributed by atoms with van der Waals surface area (Å²) in [6.07, 6.45) is 0. The number of nitrogens with zero attached hydrogens (tertiary/aromatic N) is 2. The number of nitrogens with two attached hydrogens (primary N) is 2. The average Bonchev–Trinajstić information content (AvgIpc) is 2.35. The third kappa shape index (κ3) is 4.39. The second-order valence-corrected chi connectivity index (χ2v) is 5.71. The fourth-order valence-electron chi connectivity index (χ4n) is 1.42. The van der Waals surface area contributed by atoms with E-state index in [0.29, 0.717) is 5.16 Å². The normalized spacial score (nSPS) is 10.2. The summed E-state index contributed by atoms with van der Waals surface area (Å²) in [5, 5.41) is 3.16. The summed E-state index contributed by atoms with van der Waals surface area (Å²) in [6, 6.07) is 8.81. The largest absolute Gasteiger partial charge is 0.383 e. The maximum atomic E-state index is 11.8. The highest BCUT2D eigenvalue weighted by Crippen LogP contribution is 2.18. The molecule has 0 aliphatic carbocycles. The van der Waals surface area contributed by atoms with E-state index in [2.05, 4.69) is 31.2 Å². The van der Waals surface area contributed by atoms with Gasteiger partial charge in [-0.05, 0) is 18.2 Å². The van der Waals surface area contributed by atoms with E-state index in [1.165, 1.54) is 17.8 Å². The monoisotopic (exact) mass is 353 g/mol. The van der Waals surface area contributed by atoms with Gasteiger partial charge in [-0.15, -0.1) is 0 Å². The zero-order valence-electron chi connectivity index (χ0n) is 10.3. The highest BCUT2D eigenvalue weighted by molar-refractivity contribution is 9.10. The molecular formula is C12H12BrN5OS. The minimum atomic E-state index is -0.155. The molecule has 0 aliphatic rings. The van der Waals surface area contributed by atoms with Crippen molar-refractivity contribution in [3.05, 3.63) is 34.8 Å². The fourth-order valence-corrected chi connectivity index (χ4v) is 2.49. The first kappa shape index (κ1) is 14.6. The van der Waals surface area contributed by atoms with Crippen molar-refractivity contribution in [1.82, 2.24) is 9.97 Å². The molecule has 0 spiro atoms. The Morgan fingerprint density at radius 3 is 2.60 bits per heavy atom. The Morgan fingerprint density at radius 1 is 1.25 bits per heavy atom. The van der Waals surface area contributed by atoms with Gasteiger partial charge in [-0.1, -0.05) is 33.8 Å². The molecule has 5 N–H and O–H groups in total. The van der Waals surface area contributed by atoms with Gasteiger partial charge in [0.15, 0.2) is 5.16 Å². The van der Waals surface area contributed by atoms with Gasteiger partial charge in [-0.2, -0.15) is 0 Å². The van der Waals surface area contributed by atoms with Crippen molar-refractivity contribution in [2.45, 2.75) is 5.16 Å². The molecule has 0 saturated heterocycles. The van der Waals surface area contributed by atoms with Gasteiger partial charge in [-0.3, -0.25) is 4.79 Å². The predicted molar refractivity (Wildman–Crippen MR) is 84.4 cm³/mol. The molecule has 1 aromatic carbocycles. The second kappa shape index (κ2) is 6.58. The number of rotatable bonds is 4. The Bertz CT molecular complexity index is 617. The summed E-state index contributed by atoms with van der Waals surface area (Å²) < 4.78 is 0.898. The number of nitrogen functional groups attached to an aromatic ring is 2. The lowest BCUT2D eigenvalue weighted by molar-refractivity contribution is -0.113. The van der Waals surface area contributed by atoms with E-state index in [1.54, 1.807) is 0 Å². The summed E-state index contributed by atoms with van der Waals surface area (Å²) in [4.78, 5) is 19.8. The van der Waals surface area contributed by atoms with Crippen LogP contribution in [-0.4, -0.2) is 21.6 Å². The highest BCUT2D eigenvalue weighted by Gasteiger charge is 2.07. The summed E-state index contributed by atoms with van der Waals surface area (Å²) >= 11 is 4.51. The van der Waals surface area contributed by atoms with Gasteiger partial charge >= 0.3 is 0 Å². The molecule has 1 aromatic heterocycles. The van der Waals surface area contributed by atoms with E-state index < -0.39 is 0 Å². The number of aromatic nitrogens is 2. The van der Waals surface area contributed by atoms with E-state index in [-0.39, 0.29) is 23.3 Å². The molecule has 0 saturated carbocycles. The molecular weight excluding hydrogens is 342 g/mol. The Morgan fingerprint density at radius 2 is 1.95 bits per heavy atom. The lowest BCUT2D eigenvalue weighted by Crippen LogP contribution is -2.14. The lowest BCUT2D eigenvalue weighted by atomic mass is 10.3. The van der Waals surface area contributed by atoms with Crippen LogP contribution >= 0.6 is 27.7 Å². The molecule has 6 nitrogen and oxygen atoms in total. The Hall–Kier alpha value is -1.80. The number of carbonyl (C=O) groups excluding carboxylic acids is 1. The molecule has 0 fully saturated rings. The molecule has 104 valence electrons. The van der Waals surface area contributed by atoms with Crippen LogP contribution < -0.4 is 16.8 Å². The molecule has 2 rings (SSSR count). The molecule has 0 radical (unpaired) electrons. The first-order valence-corrected chi connectivity index (χ1v) is 7.39. The van der Waals surface area contributed by atoms with Crippen LogP contribution in [0.1, 0.15) is 0 Å². The number of hydrogen-bond donors (Lipinski definition) is 3. The third-order valence-electron chi connectivity index (χ3n) is 2.19. The molecule has 0 aliphatic heterocycles. The van der Waals surface area contributed by atoms with Crippen molar-refractivity contribution in [2.75, 3.05) is 22.5 Å². The maximum Gasteiger partial charge on any atom is 0.234 e. The van der Waals surface area contributed by atoms with Crippen LogP contribution in [0.4, 0.5) is 17.3 Å². The number of thioether (sulfide) groups is 1. The van der Waals surface area contributed by atoms with Crippen LogP contribution in [0.25, 0.3) is 0 Å². The quantitative estimate of drug-likeness (QED) is 0.574. The van der Waals surface area contributed by atoms with Gasteiger partial charge in [0.25, 0.3) is 0 Å². The molecule has 0 unspecified atom stereocenters. The van der Waals surface area contributed by atoms with Crippen LogP contribution in [0.15, 0.2) is 40.0 Å². The minimum absolute atomic E-state index is 0.155. The van der Waals surface area contributed by atoms with Gasteiger partial charge in [0.05, 0.1) is 5.75 Å². The Labute approximate surface area is 128 Å². The number of benzene rings is 1. The standard InChI is InChI=1S/C12H12BrN5OS/c13-7-2-1-3-8(4-7)16-11(19)6-20-12-17-9(14)5-10(15)18-12/h1-5H,6H2,(H,16,19)(H4,14,15,17,18). The Kier molecular flexibility index (Phi) is 4.80. The molecule has 0 bridgehead atoms. The topological polar surface area (TPSA) is 107 Å². The third-order valence-corrected chi connectivity index (χ3v) is 3.53. The second-order valence-electron chi connectivity index (χ2n) is 3.85. The van der Waals surface area contributed by atoms with E-state index in [1.807, 2.05) is 24.3 Å². The smallest absolute Gasteiger partial charge is 0.234 e. The molecule has 1 amide bonds. The zero-order chi connectivity index (χ0) is 14.5. The van der Waals surface area contributed by atoms with Crippen LogP contribution in [0, 0.1) is 0 Å². The van der Waals surface area contributed by atoms with Crippen LogP contribution in [0.5, 0.6) is 0 Å². The number of hydrogen-bond acceptors (Lipinski definition) is 6. The molecule has 0 atom stereocenters. The molecule has 8 heteroatoms. The van der Waals surface area contributed by atoms with Crippen molar-refractivity contribution in [2.24, 2.45) is 0 Å². The Balaban J connectivity index is 1.92. The summed E-state index contributed by atoms with van der Waals surface area (Å²) in [5.74, 6) is 0.590. The van der Waals surface area contributed by atoms with Crippen molar-refractivity contribution >= 4 is 50.9 Å². The van der Waals surface area contributed by atoms with Gasteiger partial charge in [-0.25, -0.2) is 9.97 Å². The number of anilines is 3. The number of carbonyl (C=O) groups is 1. The van der Waals surface area contributed by atoms with Gasteiger partial charge in [0, 0.05) is 16.2 Å². The van der Waals surface area contributed by atoms with Gasteiger partial charge < -0.3 is 16.8 Å². The van der Waals surface area contributed by atoms with Crippen LogP contribution in [-0.2, 0) is 4.79 Å². The minimum Gasteiger partial charge on any atom is -0.383 e. The van der Waals surface area contributed by atoms with E-state index in [4.69, 9.17) is 11.5 Å². The van der Waals surface area contributed by atoms with Crippen molar-refractivity contribution in [3.8, 4) is 0 Å². The van der Waals surface area contributed by atoms with E-state index >= 15 is 0 Å². The molecule has 20 heavy (non-hydrogen) atoms. The zero-order valence-corrected chi connectivity index (χ0v) is 12.7. The van der Waals surface area contributed by atoms with Gasteiger partial charge in [0.1, 0.15) is 11.6 Å². The summed E-state index contributed by atoms with van der Waals surface area (Å²) in [6.45, 7) is 0. The first-order chi connectivity index (χ1) is 9.52. The average molecular weight is 354 g/mol. The van der Waals surface area contributed by atoms with Crippen molar-refractivity contribution in [3.63, 3.8) is 0 Å². The van der Waals surface area contributed by atoms with Crippen LogP contribution in [0.2, 0.25) is 0 Å².